The zero-order valence-corrected chi connectivity index (χ0v) is 13.1. The third-order valence-electron chi connectivity index (χ3n) is 3.40. The maximum absolute atomic E-state index is 9.99. The molecule has 108 valence electrons. The molecule has 1 unspecified atom stereocenters. The van der Waals surface area contributed by atoms with Crippen molar-refractivity contribution in [3.8, 4) is 5.75 Å². The normalized spacial score (nSPS) is 12.7. The molecule has 1 aromatic carbocycles. The van der Waals surface area contributed by atoms with Crippen LogP contribution in [-0.2, 0) is 6.54 Å². The number of phenols is 1. The Morgan fingerprint density at radius 2 is 2.10 bits per heavy atom. The van der Waals surface area contributed by atoms with Crippen molar-refractivity contribution in [2.75, 3.05) is 0 Å². The van der Waals surface area contributed by atoms with Gasteiger partial charge in [-0.05, 0) is 41.1 Å². The second-order valence-corrected chi connectivity index (χ2v) is 5.69. The first-order chi connectivity index (χ1) is 10.2. The van der Waals surface area contributed by atoms with Crippen molar-refractivity contribution in [2.24, 2.45) is 0 Å². The van der Waals surface area contributed by atoms with Gasteiger partial charge >= 0.3 is 0 Å². The topological polar surface area (TPSA) is 62.5 Å². The number of aromatic nitrogens is 3. The predicted molar refractivity (Wildman–Crippen MR) is 84.0 cm³/mol. The van der Waals surface area contributed by atoms with E-state index in [1.807, 2.05) is 53.9 Å². The van der Waals surface area contributed by atoms with Gasteiger partial charge in [-0.25, -0.2) is 0 Å². The molecule has 0 fully saturated rings. The molecule has 0 saturated heterocycles. The first kappa shape index (κ1) is 14.0. The Morgan fingerprint density at radius 1 is 1.24 bits per heavy atom. The highest BCUT2D eigenvalue weighted by Crippen LogP contribution is 2.27. The molecule has 0 aliphatic carbocycles. The van der Waals surface area contributed by atoms with E-state index in [1.54, 1.807) is 0 Å². The van der Waals surface area contributed by atoms with Gasteiger partial charge in [0.05, 0.1) is 10.5 Å². The van der Waals surface area contributed by atoms with Crippen LogP contribution in [0.3, 0.4) is 0 Å². The summed E-state index contributed by atoms with van der Waals surface area (Å²) in [5.74, 6) is 1.11. The van der Waals surface area contributed by atoms with Gasteiger partial charge in [0.15, 0.2) is 11.5 Å². The zero-order valence-electron chi connectivity index (χ0n) is 11.5. The van der Waals surface area contributed by atoms with E-state index in [0.717, 1.165) is 17.0 Å². The molecule has 0 radical (unpaired) electrons. The van der Waals surface area contributed by atoms with Crippen molar-refractivity contribution in [2.45, 2.75) is 19.5 Å². The summed E-state index contributed by atoms with van der Waals surface area (Å²) in [5.41, 5.74) is 1.66. The lowest BCUT2D eigenvalue weighted by Gasteiger charge is -2.13. The summed E-state index contributed by atoms with van der Waals surface area (Å²) >= 11 is 3.32. The minimum atomic E-state index is 0.0146. The Hall–Kier alpha value is -1.92. The Balaban J connectivity index is 1.77. The number of rotatable bonds is 4. The standard InChI is InChI=1S/C15H15BrN4O/c1-10(15-19-18-13-7-2-3-8-20(13)15)17-9-11-5-4-6-12(16)14(11)21/h2-8,10,17,21H,9H2,1H3. The molecule has 6 heteroatoms. The van der Waals surface area contributed by atoms with Crippen molar-refractivity contribution < 1.29 is 5.11 Å². The van der Waals surface area contributed by atoms with Gasteiger partial charge < -0.3 is 10.4 Å². The van der Waals surface area contributed by atoms with E-state index in [1.165, 1.54) is 0 Å². The molecule has 21 heavy (non-hydrogen) atoms. The van der Waals surface area contributed by atoms with Gasteiger partial charge in [-0.15, -0.1) is 10.2 Å². The molecule has 0 spiro atoms. The van der Waals surface area contributed by atoms with Gasteiger partial charge in [0.25, 0.3) is 0 Å². The van der Waals surface area contributed by atoms with Crippen LogP contribution in [0.15, 0.2) is 47.1 Å². The van der Waals surface area contributed by atoms with Crippen LogP contribution in [0.5, 0.6) is 5.75 Å². The Morgan fingerprint density at radius 3 is 2.95 bits per heavy atom. The van der Waals surface area contributed by atoms with Crippen LogP contribution in [0.4, 0.5) is 0 Å². The SMILES string of the molecule is CC(NCc1cccc(Br)c1O)c1nnc2ccccn12. The summed E-state index contributed by atoms with van der Waals surface area (Å²) in [6.07, 6.45) is 1.94. The van der Waals surface area contributed by atoms with Crippen molar-refractivity contribution >= 4 is 21.6 Å². The monoisotopic (exact) mass is 346 g/mol. The van der Waals surface area contributed by atoms with E-state index < -0.39 is 0 Å². The molecule has 2 heterocycles. The average Bonchev–Trinajstić information content (AvgIpc) is 2.92. The number of aromatic hydroxyl groups is 1. The predicted octanol–water partition coefficient (Wildman–Crippen LogP) is 3.05. The molecular weight excluding hydrogens is 332 g/mol. The maximum atomic E-state index is 9.99. The van der Waals surface area contributed by atoms with Crippen LogP contribution in [0.1, 0.15) is 24.4 Å². The molecule has 0 aliphatic rings. The Kier molecular flexibility index (Phi) is 3.90. The van der Waals surface area contributed by atoms with Crippen LogP contribution in [0, 0.1) is 0 Å². The molecule has 3 rings (SSSR count). The van der Waals surface area contributed by atoms with Gasteiger partial charge in [0.1, 0.15) is 5.75 Å². The number of hydrogen-bond acceptors (Lipinski definition) is 4. The number of benzene rings is 1. The lowest BCUT2D eigenvalue weighted by Crippen LogP contribution is -2.20. The molecule has 0 aliphatic heterocycles. The maximum Gasteiger partial charge on any atom is 0.160 e. The number of halogens is 1. The van der Waals surface area contributed by atoms with E-state index in [2.05, 4.69) is 31.4 Å². The molecule has 0 bridgehead atoms. The summed E-state index contributed by atoms with van der Waals surface area (Å²) in [6.45, 7) is 2.58. The van der Waals surface area contributed by atoms with Crippen molar-refractivity contribution in [1.82, 2.24) is 19.9 Å². The number of pyridine rings is 1. The number of para-hydroxylation sites is 1. The van der Waals surface area contributed by atoms with Crippen LogP contribution >= 0.6 is 15.9 Å². The van der Waals surface area contributed by atoms with Crippen LogP contribution in [-0.4, -0.2) is 19.7 Å². The fourth-order valence-electron chi connectivity index (χ4n) is 2.21. The van der Waals surface area contributed by atoms with Crippen LogP contribution in [0.2, 0.25) is 0 Å². The highest BCUT2D eigenvalue weighted by atomic mass is 79.9. The summed E-state index contributed by atoms with van der Waals surface area (Å²) < 4.78 is 2.65. The lowest BCUT2D eigenvalue weighted by molar-refractivity contribution is 0.455. The second kappa shape index (κ2) is 5.83. The van der Waals surface area contributed by atoms with Gasteiger partial charge in [-0.3, -0.25) is 4.40 Å². The molecular formula is C15H15BrN4O. The van der Waals surface area contributed by atoms with Crippen molar-refractivity contribution in [1.29, 1.82) is 0 Å². The molecule has 0 saturated carbocycles. The third-order valence-corrected chi connectivity index (χ3v) is 4.04. The van der Waals surface area contributed by atoms with E-state index in [9.17, 15) is 5.11 Å². The molecule has 3 aromatic rings. The summed E-state index contributed by atoms with van der Waals surface area (Å²) in [6, 6.07) is 11.4. The van der Waals surface area contributed by atoms with Gasteiger partial charge in [0, 0.05) is 18.3 Å². The van der Waals surface area contributed by atoms with Gasteiger partial charge in [-0.1, -0.05) is 18.2 Å². The summed E-state index contributed by atoms with van der Waals surface area (Å²) in [7, 11) is 0. The zero-order chi connectivity index (χ0) is 14.8. The highest BCUT2D eigenvalue weighted by Gasteiger charge is 2.13. The Labute approximate surface area is 130 Å². The minimum absolute atomic E-state index is 0.0146. The van der Waals surface area contributed by atoms with E-state index >= 15 is 0 Å². The average molecular weight is 347 g/mol. The molecule has 0 amide bonds. The fraction of sp³-hybridized carbons (Fsp3) is 0.200. The molecule has 5 nitrogen and oxygen atoms in total. The van der Waals surface area contributed by atoms with Crippen LogP contribution < -0.4 is 5.32 Å². The Bertz CT molecular complexity index is 771. The van der Waals surface area contributed by atoms with Crippen molar-refractivity contribution in [3.63, 3.8) is 0 Å². The molecule has 2 N–H and O–H groups in total. The largest absolute Gasteiger partial charge is 0.506 e. The summed E-state index contributed by atoms with van der Waals surface area (Å²) in [4.78, 5) is 0. The third kappa shape index (κ3) is 2.77. The number of nitrogens with zero attached hydrogens (tertiary/aromatic N) is 3. The lowest BCUT2D eigenvalue weighted by atomic mass is 10.2. The van der Waals surface area contributed by atoms with Crippen molar-refractivity contribution in [3.05, 3.63) is 58.5 Å². The van der Waals surface area contributed by atoms with Crippen LogP contribution in [0.25, 0.3) is 5.65 Å². The summed E-state index contributed by atoms with van der Waals surface area (Å²) in [5, 5.41) is 21.7. The number of hydrogen-bond donors (Lipinski definition) is 2. The van der Waals surface area contributed by atoms with Gasteiger partial charge in [-0.2, -0.15) is 0 Å². The number of nitrogens with one attached hydrogen (secondary N) is 1. The van der Waals surface area contributed by atoms with E-state index in [-0.39, 0.29) is 11.8 Å². The second-order valence-electron chi connectivity index (χ2n) is 4.84. The molecule has 2 aromatic heterocycles. The van der Waals surface area contributed by atoms with Gasteiger partial charge in [0.2, 0.25) is 0 Å². The highest BCUT2D eigenvalue weighted by molar-refractivity contribution is 9.10. The first-order valence-electron chi connectivity index (χ1n) is 6.66. The van der Waals surface area contributed by atoms with E-state index in [4.69, 9.17) is 0 Å². The molecule has 1 atom stereocenters. The number of phenolic OH excluding ortho intramolecular Hbond substituents is 1. The minimum Gasteiger partial charge on any atom is -0.506 e. The fourth-order valence-corrected chi connectivity index (χ4v) is 2.62. The smallest absolute Gasteiger partial charge is 0.160 e. The van der Waals surface area contributed by atoms with E-state index in [0.29, 0.717) is 11.0 Å². The number of fused-ring (bicyclic) bond motifs is 1. The quantitative estimate of drug-likeness (QED) is 0.762. The first-order valence-corrected chi connectivity index (χ1v) is 7.45.